The lowest BCUT2D eigenvalue weighted by Gasteiger charge is -2.38. The molecular weight excluding hydrogens is 280 g/mol. The molecule has 2 rings (SSSR count). The van der Waals surface area contributed by atoms with Crippen molar-refractivity contribution in [2.24, 2.45) is 5.73 Å². The highest BCUT2D eigenvalue weighted by molar-refractivity contribution is 8.00. The van der Waals surface area contributed by atoms with Crippen molar-refractivity contribution in [1.82, 2.24) is 5.32 Å². The Morgan fingerprint density at radius 2 is 2.05 bits per heavy atom. The van der Waals surface area contributed by atoms with E-state index < -0.39 is 5.54 Å². The van der Waals surface area contributed by atoms with Gasteiger partial charge in [-0.15, -0.1) is 11.8 Å². The summed E-state index contributed by atoms with van der Waals surface area (Å²) >= 11 is 1.87. The highest BCUT2D eigenvalue weighted by Gasteiger charge is 2.40. The highest BCUT2D eigenvalue weighted by Crippen LogP contribution is 2.38. The third-order valence-electron chi connectivity index (χ3n) is 4.51. The summed E-state index contributed by atoms with van der Waals surface area (Å²) in [5, 5.41) is 3.62. The molecule has 4 heteroatoms. The second-order valence-corrected chi connectivity index (χ2v) is 7.63. The smallest absolute Gasteiger partial charge is 0.237 e. The van der Waals surface area contributed by atoms with Gasteiger partial charge in [0.05, 0.1) is 5.54 Å². The molecule has 21 heavy (non-hydrogen) atoms. The van der Waals surface area contributed by atoms with Crippen molar-refractivity contribution in [3.63, 3.8) is 0 Å². The number of hydrogen-bond acceptors (Lipinski definition) is 3. The fourth-order valence-electron chi connectivity index (χ4n) is 3.02. The molecule has 3 nitrogen and oxygen atoms in total. The van der Waals surface area contributed by atoms with E-state index in [4.69, 9.17) is 5.73 Å². The normalized spacial score (nSPS) is 26.0. The number of nitrogens with one attached hydrogen (secondary N) is 1. The average Bonchev–Trinajstić information content (AvgIpc) is 2.47. The van der Waals surface area contributed by atoms with Crippen LogP contribution in [0.2, 0.25) is 0 Å². The van der Waals surface area contributed by atoms with E-state index in [0.717, 1.165) is 25.7 Å². The van der Waals surface area contributed by atoms with E-state index in [1.165, 1.54) is 10.5 Å². The van der Waals surface area contributed by atoms with Crippen molar-refractivity contribution in [1.29, 1.82) is 0 Å². The van der Waals surface area contributed by atoms with Crippen molar-refractivity contribution < 1.29 is 4.79 Å². The first kappa shape index (κ1) is 16.4. The molecule has 1 aliphatic rings. The van der Waals surface area contributed by atoms with Crippen LogP contribution in [0.25, 0.3) is 0 Å². The Balaban J connectivity index is 2.04. The van der Waals surface area contributed by atoms with Crippen LogP contribution in [0.4, 0.5) is 0 Å². The minimum atomic E-state index is -0.520. The number of amides is 1. The number of rotatable bonds is 5. The molecule has 0 aromatic heterocycles. The summed E-state index contributed by atoms with van der Waals surface area (Å²) in [7, 11) is 1.84. The number of carbonyl (C=O) groups is 1. The Morgan fingerprint density at radius 1 is 1.38 bits per heavy atom. The van der Waals surface area contributed by atoms with Gasteiger partial charge in [-0.3, -0.25) is 4.79 Å². The molecule has 3 N–H and O–H groups in total. The van der Waals surface area contributed by atoms with Gasteiger partial charge >= 0.3 is 0 Å². The van der Waals surface area contributed by atoms with Gasteiger partial charge in [0, 0.05) is 10.1 Å². The number of thioether (sulfide) groups is 1. The summed E-state index contributed by atoms with van der Waals surface area (Å²) in [6.45, 7) is 4.41. The van der Waals surface area contributed by atoms with Crippen LogP contribution in [0.1, 0.15) is 51.0 Å². The topological polar surface area (TPSA) is 55.1 Å². The largest absolute Gasteiger partial charge is 0.368 e. The van der Waals surface area contributed by atoms with Gasteiger partial charge in [0.25, 0.3) is 0 Å². The zero-order valence-corrected chi connectivity index (χ0v) is 14.0. The molecule has 116 valence electrons. The summed E-state index contributed by atoms with van der Waals surface area (Å²) in [5.74, 6) is 0.344. The lowest BCUT2D eigenvalue weighted by Crippen LogP contribution is -2.57. The van der Waals surface area contributed by atoms with Crippen molar-refractivity contribution in [3.05, 3.63) is 29.8 Å². The molecular formula is C17H26N2OS. The Labute approximate surface area is 132 Å². The predicted molar refractivity (Wildman–Crippen MR) is 89.6 cm³/mol. The maximum absolute atomic E-state index is 11.8. The Kier molecular flexibility index (Phi) is 5.33. The molecule has 1 amide bonds. The van der Waals surface area contributed by atoms with Gasteiger partial charge in [0.1, 0.15) is 0 Å². The molecule has 1 fully saturated rings. The van der Waals surface area contributed by atoms with Gasteiger partial charge in [-0.25, -0.2) is 0 Å². The van der Waals surface area contributed by atoms with Crippen LogP contribution in [0.5, 0.6) is 0 Å². The molecule has 1 aliphatic carbocycles. The molecule has 0 radical (unpaired) electrons. The minimum Gasteiger partial charge on any atom is -0.368 e. The van der Waals surface area contributed by atoms with E-state index in [1.807, 2.05) is 18.8 Å². The predicted octanol–water partition coefficient (Wildman–Crippen LogP) is 3.29. The molecule has 1 aromatic rings. The van der Waals surface area contributed by atoms with Crippen LogP contribution in [0.3, 0.4) is 0 Å². The van der Waals surface area contributed by atoms with Crippen LogP contribution in [0.15, 0.2) is 29.2 Å². The van der Waals surface area contributed by atoms with Crippen LogP contribution < -0.4 is 11.1 Å². The number of primary amides is 1. The van der Waals surface area contributed by atoms with Crippen molar-refractivity contribution in [2.45, 2.75) is 61.1 Å². The highest BCUT2D eigenvalue weighted by atomic mass is 32.2. The van der Waals surface area contributed by atoms with E-state index >= 15 is 0 Å². The van der Waals surface area contributed by atoms with Crippen molar-refractivity contribution in [2.75, 3.05) is 7.05 Å². The number of likely N-dealkylation sites (N-methyl/N-ethyl adjacent to an activating group) is 1. The summed E-state index contributed by atoms with van der Waals surface area (Å²) in [6, 6.07) is 8.80. The molecule has 1 saturated carbocycles. The monoisotopic (exact) mass is 306 g/mol. The molecule has 0 spiro atoms. The van der Waals surface area contributed by atoms with Crippen LogP contribution >= 0.6 is 11.8 Å². The van der Waals surface area contributed by atoms with E-state index in [2.05, 4.69) is 43.4 Å². The van der Waals surface area contributed by atoms with Gasteiger partial charge < -0.3 is 11.1 Å². The first-order chi connectivity index (χ1) is 9.97. The van der Waals surface area contributed by atoms with Gasteiger partial charge in [-0.2, -0.15) is 0 Å². The molecule has 2 atom stereocenters. The summed E-state index contributed by atoms with van der Waals surface area (Å²) in [4.78, 5) is 13.1. The maximum Gasteiger partial charge on any atom is 0.237 e. The number of carbonyl (C=O) groups excluding carboxylic acids is 1. The molecule has 1 aromatic carbocycles. The van der Waals surface area contributed by atoms with Crippen LogP contribution in [-0.4, -0.2) is 23.7 Å². The molecule has 0 heterocycles. The third-order valence-corrected chi connectivity index (χ3v) is 5.79. The molecule has 0 aliphatic heterocycles. The zero-order valence-electron chi connectivity index (χ0n) is 13.2. The average molecular weight is 306 g/mol. The number of nitrogens with two attached hydrogens (primary N) is 1. The van der Waals surface area contributed by atoms with Gasteiger partial charge in [-0.1, -0.05) is 26.0 Å². The number of benzene rings is 1. The van der Waals surface area contributed by atoms with Crippen molar-refractivity contribution >= 4 is 17.7 Å². The van der Waals surface area contributed by atoms with E-state index in [-0.39, 0.29) is 5.91 Å². The fraction of sp³-hybridized carbons (Fsp3) is 0.588. The quantitative estimate of drug-likeness (QED) is 0.877. The first-order valence-corrected chi connectivity index (χ1v) is 8.60. The summed E-state index contributed by atoms with van der Waals surface area (Å²) < 4.78 is 0. The minimum absolute atomic E-state index is 0.217. The first-order valence-electron chi connectivity index (χ1n) is 7.72. The zero-order chi connectivity index (χ0) is 15.5. The van der Waals surface area contributed by atoms with Crippen molar-refractivity contribution in [3.8, 4) is 0 Å². The van der Waals surface area contributed by atoms with Gasteiger partial charge in [0.15, 0.2) is 0 Å². The lowest BCUT2D eigenvalue weighted by atomic mass is 9.81. The van der Waals surface area contributed by atoms with Gasteiger partial charge in [-0.05, 0) is 56.3 Å². The van der Waals surface area contributed by atoms with Gasteiger partial charge in [0.2, 0.25) is 5.91 Å². The fourth-order valence-corrected chi connectivity index (χ4v) is 4.35. The Hall–Kier alpha value is -1.00. The van der Waals surface area contributed by atoms with Crippen LogP contribution in [-0.2, 0) is 4.79 Å². The SMILES string of the molecule is CNC1(C(N)=O)CCCC(Sc2ccc(C(C)C)cc2)C1. The van der Waals surface area contributed by atoms with Crippen LogP contribution in [0, 0.1) is 0 Å². The number of hydrogen-bond donors (Lipinski definition) is 2. The van der Waals surface area contributed by atoms with E-state index in [1.54, 1.807) is 0 Å². The lowest BCUT2D eigenvalue weighted by molar-refractivity contribution is -0.125. The maximum atomic E-state index is 11.8. The summed E-state index contributed by atoms with van der Waals surface area (Å²) in [6.07, 6.45) is 3.86. The third kappa shape index (κ3) is 3.80. The molecule has 0 bridgehead atoms. The molecule has 0 saturated heterocycles. The molecule has 2 unspecified atom stereocenters. The standard InChI is InChI=1S/C17H26N2OS/c1-12(2)13-6-8-14(9-7-13)21-15-5-4-10-17(11-15,19-3)16(18)20/h6-9,12,15,19H,4-5,10-11H2,1-3H3,(H2,18,20). The second-order valence-electron chi connectivity index (χ2n) is 6.26. The second kappa shape index (κ2) is 6.84. The summed E-state index contributed by atoms with van der Waals surface area (Å²) in [5.41, 5.74) is 6.46. The Morgan fingerprint density at radius 3 is 2.57 bits per heavy atom. The Bertz CT molecular complexity index is 486. The van der Waals surface area contributed by atoms with E-state index in [0.29, 0.717) is 11.2 Å². The van der Waals surface area contributed by atoms with E-state index in [9.17, 15) is 4.79 Å².